The highest BCUT2D eigenvalue weighted by molar-refractivity contribution is 5.42. The van der Waals surface area contributed by atoms with Gasteiger partial charge < -0.3 is 15.4 Å². The molecule has 2 heterocycles. The number of hydrogen-bond acceptors (Lipinski definition) is 5. The molecule has 17 heavy (non-hydrogen) atoms. The quantitative estimate of drug-likeness (QED) is 0.849. The van der Waals surface area contributed by atoms with Gasteiger partial charge in [0, 0.05) is 25.2 Å². The zero-order chi connectivity index (χ0) is 12.4. The van der Waals surface area contributed by atoms with Crippen LogP contribution in [-0.2, 0) is 0 Å². The fourth-order valence-electron chi connectivity index (χ4n) is 1.99. The minimum absolute atomic E-state index is 0.123. The van der Waals surface area contributed by atoms with Gasteiger partial charge in [0.05, 0.1) is 6.10 Å². The summed E-state index contributed by atoms with van der Waals surface area (Å²) in [6.07, 6.45) is 1.67. The maximum Gasteiger partial charge on any atom is 0.218 e. The molecule has 0 amide bonds. The van der Waals surface area contributed by atoms with E-state index in [1.165, 1.54) is 0 Å². The highest BCUT2D eigenvalue weighted by atomic mass is 16.5. The van der Waals surface area contributed by atoms with Crippen LogP contribution in [0.2, 0.25) is 0 Å². The summed E-state index contributed by atoms with van der Waals surface area (Å²) >= 11 is 0. The largest absolute Gasteiger partial charge is 0.475 e. The van der Waals surface area contributed by atoms with Crippen molar-refractivity contribution in [3.05, 3.63) is 12.4 Å². The molecule has 1 aliphatic heterocycles. The lowest BCUT2D eigenvalue weighted by atomic mass is 10.1. The molecule has 94 valence electrons. The number of nitrogens with zero attached hydrogens (tertiary/aromatic N) is 3. The van der Waals surface area contributed by atoms with Gasteiger partial charge in [0.2, 0.25) is 5.88 Å². The zero-order valence-corrected chi connectivity index (χ0v) is 10.6. The van der Waals surface area contributed by atoms with Crippen LogP contribution in [0, 0.1) is 5.92 Å². The molecule has 0 radical (unpaired) electrons. The predicted octanol–water partition coefficient (Wildman–Crippen LogP) is 1.05. The first-order valence-electron chi connectivity index (χ1n) is 6.05. The van der Waals surface area contributed by atoms with Gasteiger partial charge in [-0.3, -0.25) is 0 Å². The molecular weight excluding hydrogens is 216 g/mol. The van der Waals surface area contributed by atoms with Crippen LogP contribution in [0.3, 0.4) is 0 Å². The van der Waals surface area contributed by atoms with Crippen LogP contribution < -0.4 is 15.4 Å². The molecule has 2 rings (SSSR count). The normalized spacial score (nSPS) is 24.4. The maximum absolute atomic E-state index is 6.01. The lowest BCUT2D eigenvalue weighted by molar-refractivity contribution is 0.232. The lowest BCUT2D eigenvalue weighted by Crippen LogP contribution is -2.28. The summed E-state index contributed by atoms with van der Waals surface area (Å²) in [5.41, 5.74) is 6.01. The third kappa shape index (κ3) is 2.85. The van der Waals surface area contributed by atoms with Gasteiger partial charge in [-0.1, -0.05) is 6.92 Å². The molecule has 1 aliphatic rings. The summed E-state index contributed by atoms with van der Waals surface area (Å²) in [4.78, 5) is 10.6. The molecule has 2 atom stereocenters. The van der Waals surface area contributed by atoms with Gasteiger partial charge >= 0.3 is 0 Å². The Kier molecular flexibility index (Phi) is 3.47. The van der Waals surface area contributed by atoms with Crippen LogP contribution in [0.5, 0.6) is 5.88 Å². The van der Waals surface area contributed by atoms with Gasteiger partial charge in [-0.05, 0) is 19.8 Å². The van der Waals surface area contributed by atoms with E-state index in [1.807, 2.05) is 19.9 Å². The summed E-state index contributed by atoms with van der Waals surface area (Å²) in [7, 11) is 0. The van der Waals surface area contributed by atoms with E-state index in [9.17, 15) is 0 Å². The average Bonchev–Trinajstić information content (AvgIpc) is 2.59. The minimum atomic E-state index is 0.123. The van der Waals surface area contributed by atoms with Crippen molar-refractivity contribution in [1.29, 1.82) is 0 Å². The third-order valence-electron chi connectivity index (χ3n) is 2.98. The summed E-state index contributed by atoms with van der Waals surface area (Å²) in [6, 6.07) is 2.10. The summed E-state index contributed by atoms with van der Waals surface area (Å²) < 4.78 is 5.56. The van der Waals surface area contributed by atoms with Gasteiger partial charge in [0.1, 0.15) is 12.1 Å². The Morgan fingerprint density at radius 3 is 2.76 bits per heavy atom. The van der Waals surface area contributed by atoms with E-state index in [1.54, 1.807) is 6.33 Å². The van der Waals surface area contributed by atoms with E-state index in [4.69, 9.17) is 10.5 Å². The van der Waals surface area contributed by atoms with Crippen molar-refractivity contribution < 1.29 is 4.74 Å². The monoisotopic (exact) mass is 236 g/mol. The first-order valence-corrected chi connectivity index (χ1v) is 6.05. The Hall–Kier alpha value is -1.36. The van der Waals surface area contributed by atoms with Crippen molar-refractivity contribution in [3.63, 3.8) is 0 Å². The lowest BCUT2D eigenvalue weighted by Gasteiger charge is -2.17. The molecule has 1 saturated heterocycles. The SMILES string of the molecule is CC(C)Oc1cc(N2CC(C)C(N)C2)ncn1. The van der Waals surface area contributed by atoms with Crippen molar-refractivity contribution in [3.8, 4) is 5.88 Å². The van der Waals surface area contributed by atoms with E-state index in [-0.39, 0.29) is 12.1 Å². The Bertz CT molecular complexity index is 373. The highest BCUT2D eigenvalue weighted by Gasteiger charge is 2.27. The summed E-state index contributed by atoms with van der Waals surface area (Å²) in [6.45, 7) is 7.92. The highest BCUT2D eigenvalue weighted by Crippen LogP contribution is 2.23. The predicted molar refractivity (Wildman–Crippen MR) is 67.1 cm³/mol. The molecule has 5 nitrogen and oxygen atoms in total. The standard InChI is InChI=1S/C12H20N4O/c1-8(2)17-12-4-11(14-7-15-12)16-5-9(3)10(13)6-16/h4,7-10H,5-6,13H2,1-3H3. The number of anilines is 1. The number of ether oxygens (including phenoxy) is 1. The fraction of sp³-hybridized carbons (Fsp3) is 0.667. The number of rotatable bonds is 3. The van der Waals surface area contributed by atoms with Crippen molar-refractivity contribution in [2.45, 2.75) is 32.9 Å². The van der Waals surface area contributed by atoms with E-state index in [2.05, 4.69) is 21.8 Å². The second-order valence-corrected chi connectivity index (χ2v) is 4.93. The molecular formula is C12H20N4O. The molecule has 1 aromatic heterocycles. The summed E-state index contributed by atoms with van der Waals surface area (Å²) in [5.74, 6) is 2.02. The molecule has 5 heteroatoms. The molecule has 0 bridgehead atoms. The van der Waals surface area contributed by atoms with Gasteiger partial charge in [-0.25, -0.2) is 9.97 Å². The number of nitrogens with two attached hydrogens (primary N) is 1. The Labute approximate surface area is 102 Å². The van der Waals surface area contributed by atoms with Crippen molar-refractivity contribution in [1.82, 2.24) is 9.97 Å². The second kappa shape index (κ2) is 4.87. The Morgan fingerprint density at radius 1 is 1.41 bits per heavy atom. The Balaban J connectivity index is 2.11. The average molecular weight is 236 g/mol. The van der Waals surface area contributed by atoms with Gasteiger partial charge in [0.25, 0.3) is 0 Å². The number of aromatic nitrogens is 2. The van der Waals surface area contributed by atoms with Crippen LogP contribution in [0.1, 0.15) is 20.8 Å². The fourth-order valence-corrected chi connectivity index (χ4v) is 1.99. The molecule has 0 aliphatic carbocycles. The van der Waals surface area contributed by atoms with E-state index < -0.39 is 0 Å². The second-order valence-electron chi connectivity index (χ2n) is 4.93. The molecule has 1 aromatic rings. The van der Waals surface area contributed by atoms with Crippen LogP contribution in [0.4, 0.5) is 5.82 Å². The Morgan fingerprint density at radius 2 is 2.18 bits per heavy atom. The van der Waals surface area contributed by atoms with Gasteiger partial charge in [0.15, 0.2) is 0 Å². The first kappa shape index (κ1) is 12.1. The molecule has 2 N–H and O–H groups in total. The minimum Gasteiger partial charge on any atom is -0.475 e. The van der Waals surface area contributed by atoms with Crippen molar-refractivity contribution >= 4 is 5.82 Å². The first-order chi connectivity index (χ1) is 8.06. The molecule has 0 aromatic carbocycles. The molecule has 0 saturated carbocycles. The van der Waals surface area contributed by atoms with Crippen LogP contribution in [-0.4, -0.2) is 35.2 Å². The van der Waals surface area contributed by atoms with Crippen LogP contribution in [0.25, 0.3) is 0 Å². The topological polar surface area (TPSA) is 64.3 Å². The maximum atomic E-state index is 6.01. The molecule has 0 spiro atoms. The molecule has 1 fully saturated rings. The zero-order valence-electron chi connectivity index (χ0n) is 10.6. The van der Waals surface area contributed by atoms with Crippen LogP contribution >= 0.6 is 0 Å². The van der Waals surface area contributed by atoms with E-state index in [0.717, 1.165) is 18.9 Å². The van der Waals surface area contributed by atoms with Crippen molar-refractivity contribution in [2.75, 3.05) is 18.0 Å². The van der Waals surface area contributed by atoms with Crippen LogP contribution in [0.15, 0.2) is 12.4 Å². The summed E-state index contributed by atoms with van der Waals surface area (Å²) in [5, 5.41) is 0. The van der Waals surface area contributed by atoms with Crippen molar-refractivity contribution in [2.24, 2.45) is 11.7 Å². The smallest absolute Gasteiger partial charge is 0.218 e. The van der Waals surface area contributed by atoms with Gasteiger partial charge in [-0.2, -0.15) is 0 Å². The van der Waals surface area contributed by atoms with Gasteiger partial charge in [-0.15, -0.1) is 0 Å². The third-order valence-corrected chi connectivity index (χ3v) is 2.98. The van der Waals surface area contributed by atoms with E-state index >= 15 is 0 Å². The molecule has 2 unspecified atom stereocenters. The number of hydrogen-bond donors (Lipinski definition) is 1. The van der Waals surface area contributed by atoms with E-state index in [0.29, 0.717) is 11.8 Å².